The van der Waals surface area contributed by atoms with Gasteiger partial charge in [0.2, 0.25) is 5.91 Å². The molecule has 2 nitrogen and oxygen atoms in total. The first-order valence-electron chi connectivity index (χ1n) is 4.31. The smallest absolute Gasteiger partial charge is 0.231 e. The summed E-state index contributed by atoms with van der Waals surface area (Å²) in [7, 11) is 0. The Morgan fingerprint density at radius 3 is 2.57 bits per heavy atom. The number of carbonyl (C=O) groups is 1. The standard InChI is InChI=1S/C10H10ClNOS/c1-10(12-9(13)6-14-10)7-2-4-8(11)5-3-7/h2-5H,6H2,1H3,(H,12,13)/t10-/m1/s1. The number of hydrogen-bond donors (Lipinski definition) is 1. The average molecular weight is 228 g/mol. The lowest BCUT2D eigenvalue weighted by molar-refractivity contribution is -0.118. The van der Waals surface area contributed by atoms with Gasteiger partial charge in [-0.05, 0) is 24.6 Å². The second-order valence-electron chi connectivity index (χ2n) is 3.38. The van der Waals surface area contributed by atoms with Gasteiger partial charge in [0.05, 0.1) is 5.75 Å². The molecule has 1 N–H and O–H groups in total. The Hall–Kier alpha value is -0.670. The third kappa shape index (κ3) is 1.74. The molecule has 0 aromatic heterocycles. The van der Waals surface area contributed by atoms with E-state index in [0.29, 0.717) is 10.8 Å². The number of amides is 1. The van der Waals surface area contributed by atoms with Gasteiger partial charge in [-0.15, -0.1) is 11.8 Å². The summed E-state index contributed by atoms with van der Waals surface area (Å²) >= 11 is 7.41. The second kappa shape index (κ2) is 3.48. The number of rotatable bonds is 1. The molecule has 1 saturated heterocycles. The fraction of sp³-hybridized carbons (Fsp3) is 0.300. The summed E-state index contributed by atoms with van der Waals surface area (Å²) in [6.07, 6.45) is 0. The van der Waals surface area contributed by atoms with Gasteiger partial charge in [-0.2, -0.15) is 0 Å². The van der Waals surface area contributed by atoms with Gasteiger partial charge >= 0.3 is 0 Å². The topological polar surface area (TPSA) is 29.1 Å². The van der Waals surface area contributed by atoms with Crippen molar-refractivity contribution < 1.29 is 4.79 Å². The van der Waals surface area contributed by atoms with Crippen LogP contribution in [-0.2, 0) is 9.67 Å². The summed E-state index contributed by atoms with van der Waals surface area (Å²) in [5, 5.41) is 3.66. The molecule has 14 heavy (non-hydrogen) atoms. The highest BCUT2D eigenvalue weighted by atomic mass is 35.5. The van der Waals surface area contributed by atoms with Crippen LogP contribution in [0.25, 0.3) is 0 Å². The summed E-state index contributed by atoms with van der Waals surface area (Å²) in [6.45, 7) is 2.01. The fourth-order valence-electron chi connectivity index (χ4n) is 1.47. The van der Waals surface area contributed by atoms with Gasteiger partial charge in [-0.25, -0.2) is 0 Å². The van der Waals surface area contributed by atoms with Gasteiger partial charge in [0, 0.05) is 5.02 Å². The molecule has 1 aliphatic rings. The molecule has 0 radical (unpaired) electrons. The molecule has 2 rings (SSSR count). The maximum Gasteiger partial charge on any atom is 0.231 e. The quantitative estimate of drug-likeness (QED) is 0.798. The van der Waals surface area contributed by atoms with E-state index in [2.05, 4.69) is 5.32 Å². The molecule has 1 heterocycles. The Morgan fingerprint density at radius 1 is 1.43 bits per heavy atom. The van der Waals surface area contributed by atoms with E-state index in [9.17, 15) is 4.79 Å². The SMILES string of the molecule is C[C@@]1(c2ccc(Cl)cc2)NC(=O)CS1. The molecular weight excluding hydrogens is 218 g/mol. The van der Waals surface area contributed by atoms with Gasteiger partial charge in [0.15, 0.2) is 0 Å². The van der Waals surface area contributed by atoms with Crippen LogP contribution in [0, 0.1) is 0 Å². The Kier molecular flexibility index (Phi) is 2.45. The summed E-state index contributed by atoms with van der Waals surface area (Å²) in [4.78, 5) is 10.9. The Bertz CT molecular complexity index is 365. The number of carbonyl (C=O) groups excluding carboxylic acids is 1. The van der Waals surface area contributed by atoms with Crippen LogP contribution in [0.3, 0.4) is 0 Å². The maximum atomic E-state index is 11.1. The molecule has 1 aromatic carbocycles. The predicted octanol–water partition coefficient (Wildman–Crippen LogP) is 2.38. The van der Waals surface area contributed by atoms with Crippen LogP contribution in [0.1, 0.15) is 12.5 Å². The summed E-state index contributed by atoms with van der Waals surface area (Å²) in [5.41, 5.74) is 1.08. The molecule has 0 bridgehead atoms. The van der Waals surface area contributed by atoms with E-state index in [0.717, 1.165) is 5.56 Å². The lowest BCUT2D eigenvalue weighted by Gasteiger charge is -2.23. The molecule has 0 spiro atoms. The minimum Gasteiger partial charge on any atom is -0.337 e. The lowest BCUT2D eigenvalue weighted by atomic mass is 10.1. The van der Waals surface area contributed by atoms with Crippen molar-refractivity contribution in [3.8, 4) is 0 Å². The van der Waals surface area contributed by atoms with Crippen LogP contribution in [0.5, 0.6) is 0 Å². The molecule has 0 saturated carbocycles. The molecule has 4 heteroatoms. The molecule has 1 aromatic rings. The van der Waals surface area contributed by atoms with E-state index in [1.165, 1.54) is 0 Å². The third-order valence-electron chi connectivity index (χ3n) is 2.26. The fourth-order valence-corrected chi connectivity index (χ4v) is 2.58. The van der Waals surface area contributed by atoms with Crippen molar-refractivity contribution in [2.45, 2.75) is 11.8 Å². The van der Waals surface area contributed by atoms with Gasteiger partial charge in [-0.1, -0.05) is 23.7 Å². The van der Waals surface area contributed by atoms with Crippen molar-refractivity contribution in [1.29, 1.82) is 0 Å². The summed E-state index contributed by atoms with van der Waals surface area (Å²) < 4.78 is 0. The lowest BCUT2D eigenvalue weighted by Crippen LogP contribution is -2.33. The first kappa shape index (κ1) is 9.87. The minimum absolute atomic E-state index is 0.0902. The molecule has 1 amide bonds. The van der Waals surface area contributed by atoms with Crippen LogP contribution in [0.15, 0.2) is 24.3 Å². The zero-order chi connectivity index (χ0) is 10.2. The van der Waals surface area contributed by atoms with Gasteiger partial charge in [-0.3, -0.25) is 4.79 Å². The van der Waals surface area contributed by atoms with E-state index in [1.807, 2.05) is 31.2 Å². The van der Waals surface area contributed by atoms with E-state index in [-0.39, 0.29) is 10.8 Å². The Balaban J connectivity index is 2.30. The highest BCUT2D eigenvalue weighted by Gasteiger charge is 2.35. The number of thioether (sulfide) groups is 1. The van der Waals surface area contributed by atoms with Crippen molar-refractivity contribution in [3.63, 3.8) is 0 Å². The molecule has 74 valence electrons. The summed E-state index contributed by atoms with van der Waals surface area (Å²) in [6, 6.07) is 7.57. The van der Waals surface area contributed by atoms with Gasteiger partial charge in [0.1, 0.15) is 4.87 Å². The van der Waals surface area contributed by atoms with Crippen LogP contribution in [0.4, 0.5) is 0 Å². The van der Waals surface area contributed by atoms with Crippen molar-refractivity contribution >= 4 is 29.3 Å². The van der Waals surface area contributed by atoms with Crippen LogP contribution < -0.4 is 5.32 Å². The second-order valence-corrected chi connectivity index (χ2v) is 5.21. The van der Waals surface area contributed by atoms with Crippen molar-refractivity contribution in [2.24, 2.45) is 0 Å². The van der Waals surface area contributed by atoms with Crippen LogP contribution in [0.2, 0.25) is 5.02 Å². The molecular formula is C10H10ClNOS. The number of benzene rings is 1. The molecule has 1 atom stereocenters. The van der Waals surface area contributed by atoms with E-state index >= 15 is 0 Å². The summed E-state index contributed by atoms with van der Waals surface area (Å²) in [5.74, 6) is 0.617. The number of halogens is 1. The van der Waals surface area contributed by atoms with Crippen LogP contribution in [-0.4, -0.2) is 11.7 Å². The highest BCUT2D eigenvalue weighted by Crippen LogP contribution is 2.37. The first-order valence-corrected chi connectivity index (χ1v) is 5.67. The van der Waals surface area contributed by atoms with Gasteiger partial charge < -0.3 is 5.32 Å². The number of nitrogens with one attached hydrogen (secondary N) is 1. The van der Waals surface area contributed by atoms with Gasteiger partial charge in [0.25, 0.3) is 0 Å². The number of hydrogen-bond acceptors (Lipinski definition) is 2. The van der Waals surface area contributed by atoms with Crippen LogP contribution >= 0.6 is 23.4 Å². The molecule has 0 aliphatic carbocycles. The zero-order valence-electron chi connectivity index (χ0n) is 7.71. The highest BCUT2D eigenvalue weighted by molar-refractivity contribution is 8.01. The first-order chi connectivity index (χ1) is 6.60. The normalized spacial score (nSPS) is 26.3. The zero-order valence-corrected chi connectivity index (χ0v) is 9.28. The van der Waals surface area contributed by atoms with E-state index in [4.69, 9.17) is 11.6 Å². The maximum absolute atomic E-state index is 11.1. The molecule has 0 unspecified atom stereocenters. The largest absolute Gasteiger partial charge is 0.337 e. The molecule has 1 fully saturated rings. The molecule has 1 aliphatic heterocycles. The minimum atomic E-state index is -0.290. The van der Waals surface area contributed by atoms with E-state index in [1.54, 1.807) is 11.8 Å². The van der Waals surface area contributed by atoms with Crippen molar-refractivity contribution in [1.82, 2.24) is 5.32 Å². The van der Waals surface area contributed by atoms with E-state index < -0.39 is 0 Å². The predicted molar refractivity (Wildman–Crippen MR) is 59.4 cm³/mol. The average Bonchev–Trinajstić information content (AvgIpc) is 2.48. The monoisotopic (exact) mass is 227 g/mol. The van der Waals surface area contributed by atoms with Crippen molar-refractivity contribution in [2.75, 3.05) is 5.75 Å². The Labute approximate surface area is 92.0 Å². The third-order valence-corrected chi connectivity index (χ3v) is 3.84. The van der Waals surface area contributed by atoms with Crippen molar-refractivity contribution in [3.05, 3.63) is 34.9 Å². The Morgan fingerprint density at radius 2 is 2.07 bits per heavy atom.